The highest BCUT2D eigenvalue weighted by atomic mass is 32.1. The number of amides is 2. The summed E-state index contributed by atoms with van der Waals surface area (Å²) in [5.41, 5.74) is 3.61. The number of rotatable bonds is 9. The van der Waals surface area contributed by atoms with Crippen molar-refractivity contribution < 1.29 is 19.1 Å². The van der Waals surface area contributed by atoms with Crippen LogP contribution in [0.2, 0.25) is 0 Å². The Labute approximate surface area is 172 Å². The molecular formula is C21H21N3O4S. The number of hydrogen-bond donors (Lipinski definition) is 2. The molecule has 2 aromatic carbocycles. The zero-order valence-corrected chi connectivity index (χ0v) is 16.7. The number of hydrogen-bond acceptors (Lipinski definition) is 6. The third-order valence-electron chi connectivity index (χ3n) is 3.82. The zero-order chi connectivity index (χ0) is 20.5. The van der Waals surface area contributed by atoms with E-state index in [4.69, 9.17) is 9.47 Å². The molecule has 3 rings (SSSR count). The molecule has 0 radical (unpaired) electrons. The predicted octanol–water partition coefficient (Wildman–Crippen LogP) is 3.49. The van der Waals surface area contributed by atoms with E-state index in [1.807, 2.05) is 12.3 Å². The molecule has 0 bridgehead atoms. The molecule has 8 heteroatoms. The Hall–Kier alpha value is -3.39. The van der Waals surface area contributed by atoms with Gasteiger partial charge in [0.25, 0.3) is 5.91 Å². The van der Waals surface area contributed by atoms with Crippen LogP contribution in [0.4, 0.5) is 5.69 Å². The van der Waals surface area contributed by atoms with Gasteiger partial charge in [0.2, 0.25) is 5.91 Å². The van der Waals surface area contributed by atoms with E-state index in [1.54, 1.807) is 54.0 Å². The normalized spacial score (nSPS) is 10.2. The standard InChI is InChI=1S/C21H21N3O4S/c1-2-27-18-8-6-16(7-9-18)24-20(25)11-22-21(26)15-4-3-5-19(10-15)28-12-17-13-29-14-23-17/h3-10,13-14H,2,11-12H2,1H3,(H,22,26)(H,24,25). The van der Waals surface area contributed by atoms with Crippen molar-refractivity contribution in [3.63, 3.8) is 0 Å². The van der Waals surface area contributed by atoms with E-state index < -0.39 is 0 Å². The maximum atomic E-state index is 12.3. The first kappa shape index (κ1) is 20.3. The smallest absolute Gasteiger partial charge is 0.251 e. The van der Waals surface area contributed by atoms with E-state index in [-0.39, 0.29) is 18.4 Å². The molecule has 150 valence electrons. The molecule has 0 unspecified atom stereocenters. The first-order valence-corrected chi connectivity index (χ1v) is 9.99. The van der Waals surface area contributed by atoms with Gasteiger partial charge < -0.3 is 20.1 Å². The Morgan fingerprint density at radius 2 is 1.90 bits per heavy atom. The molecule has 0 fully saturated rings. The summed E-state index contributed by atoms with van der Waals surface area (Å²) in [6, 6.07) is 13.8. The van der Waals surface area contributed by atoms with Crippen LogP contribution in [0.3, 0.4) is 0 Å². The molecular weight excluding hydrogens is 390 g/mol. The van der Waals surface area contributed by atoms with Gasteiger partial charge in [0, 0.05) is 16.6 Å². The summed E-state index contributed by atoms with van der Waals surface area (Å²) in [5, 5.41) is 7.23. The summed E-state index contributed by atoms with van der Waals surface area (Å²) in [6.07, 6.45) is 0. The predicted molar refractivity (Wildman–Crippen MR) is 111 cm³/mol. The number of benzene rings is 2. The molecule has 0 aliphatic heterocycles. The van der Waals surface area contributed by atoms with Gasteiger partial charge in [-0.15, -0.1) is 11.3 Å². The molecule has 1 aromatic heterocycles. The van der Waals surface area contributed by atoms with Crippen LogP contribution in [0.1, 0.15) is 23.0 Å². The van der Waals surface area contributed by atoms with Crippen LogP contribution in [0.5, 0.6) is 11.5 Å². The Morgan fingerprint density at radius 3 is 2.62 bits per heavy atom. The number of nitrogens with one attached hydrogen (secondary N) is 2. The van der Waals surface area contributed by atoms with E-state index in [2.05, 4.69) is 15.6 Å². The first-order valence-electron chi connectivity index (χ1n) is 9.05. The van der Waals surface area contributed by atoms with Crippen molar-refractivity contribution in [1.29, 1.82) is 0 Å². The Balaban J connectivity index is 1.48. The molecule has 1 heterocycles. The van der Waals surface area contributed by atoms with Crippen molar-refractivity contribution in [1.82, 2.24) is 10.3 Å². The van der Waals surface area contributed by atoms with Crippen molar-refractivity contribution >= 4 is 28.8 Å². The number of carbonyl (C=O) groups excluding carboxylic acids is 2. The topological polar surface area (TPSA) is 89.6 Å². The minimum Gasteiger partial charge on any atom is -0.494 e. The van der Waals surface area contributed by atoms with Crippen molar-refractivity contribution in [3.05, 3.63) is 70.7 Å². The highest BCUT2D eigenvalue weighted by molar-refractivity contribution is 7.07. The van der Waals surface area contributed by atoms with Gasteiger partial charge in [-0.3, -0.25) is 9.59 Å². The minimum absolute atomic E-state index is 0.143. The number of anilines is 1. The fourth-order valence-corrected chi connectivity index (χ4v) is 3.01. The van der Waals surface area contributed by atoms with E-state index in [0.29, 0.717) is 30.2 Å². The zero-order valence-electron chi connectivity index (χ0n) is 15.9. The Bertz CT molecular complexity index is 943. The average molecular weight is 411 g/mol. The van der Waals surface area contributed by atoms with Crippen molar-refractivity contribution in [2.24, 2.45) is 0 Å². The lowest BCUT2D eigenvalue weighted by Crippen LogP contribution is -2.32. The van der Waals surface area contributed by atoms with Crippen LogP contribution in [-0.2, 0) is 11.4 Å². The van der Waals surface area contributed by atoms with Crippen LogP contribution in [-0.4, -0.2) is 29.9 Å². The van der Waals surface area contributed by atoms with Crippen LogP contribution >= 0.6 is 11.3 Å². The third-order valence-corrected chi connectivity index (χ3v) is 4.46. The summed E-state index contributed by atoms with van der Waals surface area (Å²) >= 11 is 1.50. The number of thiazole rings is 1. The van der Waals surface area contributed by atoms with Crippen LogP contribution in [0.15, 0.2) is 59.4 Å². The molecule has 0 atom stereocenters. The lowest BCUT2D eigenvalue weighted by atomic mass is 10.2. The third kappa shape index (κ3) is 6.32. The highest BCUT2D eigenvalue weighted by Crippen LogP contribution is 2.16. The second kappa shape index (κ2) is 10.2. The molecule has 7 nitrogen and oxygen atoms in total. The van der Waals surface area contributed by atoms with Gasteiger partial charge in [-0.1, -0.05) is 6.07 Å². The lowest BCUT2D eigenvalue weighted by molar-refractivity contribution is -0.115. The summed E-state index contributed by atoms with van der Waals surface area (Å²) in [6.45, 7) is 2.67. The van der Waals surface area contributed by atoms with Gasteiger partial charge in [0.05, 0.1) is 24.4 Å². The fraction of sp³-hybridized carbons (Fsp3) is 0.190. The second-order valence-electron chi connectivity index (χ2n) is 5.98. The minimum atomic E-state index is -0.356. The largest absolute Gasteiger partial charge is 0.494 e. The number of carbonyl (C=O) groups is 2. The number of aromatic nitrogens is 1. The Kier molecular flexibility index (Phi) is 7.18. The molecule has 2 amide bonds. The Morgan fingerprint density at radius 1 is 1.07 bits per heavy atom. The van der Waals surface area contributed by atoms with Gasteiger partial charge in [-0.05, 0) is 49.4 Å². The van der Waals surface area contributed by atoms with E-state index in [1.165, 1.54) is 11.3 Å². The number of nitrogens with zero attached hydrogens (tertiary/aromatic N) is 1. The lowest BCUT2D eigenvalue weighted by Gasteiger charge is -2.09. The number of ether oxygens (including phenoxy) is 2. The molecule has 2 N–H and O–H groups in total. The first-order chi connectivity index (χ1) is 14.1. The van der Waals surface area contributed by atoms with Crippen LogP contribution in [0, 0.1) is 0 Å². The van der Waals surface area contributed by atoms with Gasteiger partial charge in [-0.25, -0.2) is 4.98 Å². The highest BCUT2D eigenvalue weighted by Gasteiger charge is 2.10. The quantitative estimate of drug-likeness (QED) is 0.563. The SMILES string of the molecule is CCOc1ccc(NC(=O)CNC(=O)c2cccc(OCc3cscn3)c2)cc1. The summed E-state index contributed by atoms with van der Waals surface area (Å²) in [5.74, 6) is 0.615. The van der Waals surface area contributed by atoms with E-state index in [0.717, 1.165) is 11.4 Å². The van der Waals surface area contributed by atoms with Crippen LogP contribution in [0.25, 0.3) is 0 Å². The van der Waals surface area contributed by atoms with Gasteiger partial charge in [0.1, 0.15) is 18.1 Å². The summed E-state index contributed by atoms with van der Waals surface area (Å²) in [7, 11) is 0. The van der Waals surface area contributed by atoms with Crippen molar-refractivity contribution in [2.75, 3.05) is 18.5 Å². The maximum absolute atomic E-state index is 12.3. The molecule has 0 aliphatic rings. The molecule has 0 saturated carbocycles. The monoisotopic (exact) mass is 411 g/mol. The molecule has 0 spiro atoms. The van der Waals surface area contributed by atoms with Crippen molar-refractivity contribution in [2.45, 2.75) is 13.5 Å². The van der Waals surface area contributed by atoms with E-state index in [9.17, 15) is 9.59 Å². The fourth-order valence-electron chi connectivity index (χ4n) is 2.46. The van der Waals surface area contributed by atoms with E-state index >= 15 is 0 Å². The average Bonchev–Trinajstić information content (AvgIpc) is 3.26. The molecule has 0 saturated heterocycles. The summed E-state index contributed by atoms with van der Waals surface area (Å²) in [4.78, 5) is 28.6. The summed E-state index contributed by atoms with van der Waals surface area (Å²) < 4.78 is 11.0. The van der Waals surface area contributed by atoms with Crippen LogP contribution < -0.4 is 20.1 Å². The van der Waals surface area contributed by atoms with Gasteiger partial charge >= 0.3 is 0 Å². The van der Waals surface area contributed by atoms with Gasteiger partial charge in [0.15, 0.2) is 0 Å². The maximum Gasteiger partial charge on any atom is 0.251 e. The molecule has 29 heavy (non-hydrogen) atoms. The molecule has 0 aliphatic carbocycles. The molecule has 3 aromatic rings. The second-order valence-corrected chi connectivity index (χ2v) is 6.70. The van der Waals surface area contributed by atoms with Gasteiger partial charge in [-0.2, -0.15) is 0 Å². The van der Waals surface area contributed by atoms with Crippen molar-refractivity contribution in [3.8, 4) is 11.5 Å².